The predicted octanol–water partition coefficient (Wildman–Crippen LogP) is 4.04. The average Bonchev–Trinajstić information content (AvgIpc) is 2.65. The highest BCUT2D eigenvalue weighted by Crippen LogP contribution is 2.20. The molecule has 0 saturated heterocycles. The van der Waals surface area contributed by atoms with Gasteiger partial charge in [-0.3, -0.25) is 4.79 Å². The van der Waals surface area contributed by atoms with Gasteiger partial charge in [-0.05, 0) is 77.6 Å². The summed E-state index contributed by atoms with van der Waals surface area (Å²) in [4.78, 5) is 36.2. The van der Waals surface area contributed by atoms with Gasteiger partial charge in [0.25, 0.3) is 0 Å². The highest BCUT2D eigenvalue weighted by Gasteiger charge is 2.22. The molecule has 1 unspecified atom stereocenters. The van der Waals surface area contributed by atoms with Crippen molar-refractivity contribution in [2.24, 2.45) is 0 Å². The number of carbonyl (C=O) groups is 3. The summed E-state index contributed by atoms with van der Waals surface area (Å²) < 4.78 is 16.0. The van der Waals surface area contributed by atoms with E-state index in [1.165, 1.54) is 6.42 Å². The maximum atomic E-state index is 12.5. The highest BCUT2D eigenvalue weighted by atomic mass is 16.6. The molecule has 1 aromatic carbocycles. The maximum absolute atomic E-state index is 12.5. The van der Waals surface area contributed by atoms with Crippen LogP contribution in [-0.2, 0) is 14.3 Å². The summed E-state index contributed by atoms with van der Waals surface area (Å²) in [5.74, 6) is -0.166. The van der Waals surface area contributed by atoms with Crippen LogP contribution in [0.15, 0.2) is 24.3 Å². The SMILES string of the molecule is CC(NC(=O)OC(C)(C)C)C(=O)c1ccc(OCC(=O)OC2CCCCC2)cc1. The van der Waals surface area contributed by atoms with Gasteiger partial charge in [0.1, 0.15) is 17.5 Å². The Morgan fingerprint density at radius 3 is 2.28 bits per heavy atom. The Morgan fingerprint density at radius 2 is 1.69 bits per heavy atom. The molecule has 1 fully saturated rings. The van der Waals surface area contributed by atoms with Gasteiger partial charge in [-0.2, -0.15) is 0 Å². The molecule has 0 heterocycles. The number of rotatable bonds is 7. The molecule has 1 aromatic rings. The number of ketones is 1. The summed E-state index contributed by atoms with van der Waals surface area (Å²) in [5.41, 5.74) is -0.213. The second kappa shape index (κ2) is 10.3. The lowest BCUT2D eigenvalue weighted by Gasteiger charge is -2.22. The third kappa shape index (κ3) is 8.13. The number of amides is 1. The van der Waals surface area contributed by atoms with Gasteiger partial charge in [0.15, 0.2) is 12.4 Å². The maximum Gasteiger partial charge on any atom is 0.408 e. The molecule has 1 amide bonds. The lowest BCUT2D eigenvalue weighted by molar-refractivity contribution is -0.152. The van der Waals surface area contributed by atoms with Gasteiger partial charge in [0, 0.05) is 5.56 Å². The van der Waals surface area contributed by atoms with Crippen molar-refractivity contribution < 1.29 is 28.6 Å². The Labute approximate surface area is 172 Å². The van der Waals surface area contributed by atoms with Crippen LogP contribution >= 0.6 is 0 Å². The van der Waals surface area contributed by atoms with Crippen LogP contribution in [0.25, 0.3) is 0 Å². The molecule has 2 rings (SSSR count). The van der Waals surface area contributed by atoms with E-state index in [0.717, 1.165) is 25.7 Å². The molecule has 29 heavy (non-hydrogen) atoms. The smallest absolute Gasteiger partial charge is 0.408 e. The van der Waals surface area contributed by atoms with Crippen LogP contribution in [0, 0.1) is 0 Å². The summed E-state index contributed by atoms with van der Waals surface area (Å²) >= 11 is 0. The average molecular weight is 405 g/mol. The molecule has 0 aromatic heterocycles. The zero-order chi connectivity index (χ0) is 21.4. The van der Waals surface area contributed by atoms with Crippen LogP contribution in [0.2, 0.25) is 0 Å². The van der Waals surface area contributed by atoms with Crippen molar-refractivity contribution in [3.8, 4) is 5.75 Å². The highest BCUT2D eigenvalue weighted by molar-refractivity contribution is 6.01. The molecule has 0 aliphatic heterocycles. The minimum atomic E-state index is -0.734. The fourth-order valence-electron chi connectivity index (χ4n) is 3.06. The molecular weight excluding hydrogens is 374 g/mol. The molecule has 0 bridgehead atoms. The van der Waals surface area contributed by atoms with Gasteiger partial charge in [-0.25, -0.2) is 9.59 Å². The van der Waals surface area contributed by atoms with Gasteiger partial charge in [0.05, 0.1) is 6.04 Å². The first-order valence-electron chi connectivity index (χ1n) is 10.1. The number of nitrogens with one attached hydrogen (secondary N) is 1. The van der Waals surface area contributed by atoms with Gasteiger partial charge >= 0.3 is 12.1 Å². The fraction of sp³-hybridized carbons (Fsp3) is 0.591. The Hall–Kier alpha value is -2.57. The summed E-state index contributed by atoms with van der Waals surface area (Å²) in [7, 11) is 0. The van der Waals surface area contributed by atoms with E-state index in [1.807, 2.05) is 0 Å². The van der Waals surface area contributed by atoms with E-state index in [2.05, 4.69) is 5.32 Å². The van der Waals surface area contributed by atoms with Gasteiger partial charge in [-0.1, -0.05) is 6.42 Å². The van der Waals surface area contributed by atoms with Crippen molar-refractivity contribution in [1.82, 2.24) is 5.32 Å². The van der Waals surface area contributed by atoms with Crippen LogP contribution < -0.4 is 10.1 Å². The molecule has 1 aliphatic rings. The lowest BCUT2D eigenvalue weighted by atomic mass is 9.98. The first-order valence-corrected chi connectivity index (χ1v) is 10.1. The molecule has 7 heteroatoms. The first kappa shape index (κ1) is 22.7. The van der Waals surface area contributed by atoms with E-state index in [0.29, 0.717) is 11.3 Å². The molecule has 1 atom stereocenters. The summed E-state index contributed by atoms with van der Waals surface area (Å²) in [6.45, 7) is 6.69. The Bertz CT molecular complexity index is 701. The Kier molecular flexibility index (Phi) is 8.05. The number of alkyl carbamates (subject to hydrolysis) is 1. The predicted molar refractivity (Wildman–Crippen MR) is 108 cm³/mol. The van der Waals surface area contributed by atoms with E-state index in [9.17, 15) is 14.4 Å². The standard InChI is InChI=1S/C22H31NO6/c1-15(23-21(26)29-22(2,3)4)20(25)16-10-12-17(13-11-16)27-14-19(24)28-18-8-6-5-7-9-18/h10-13,15,18H,5-9,14H2,1-4H3,(H,23,26). The Morgan fingerprint density at radius 1 is 1.07 bits per heavy atom. The number of hydrogen-bond donors (Lipinski definition) is 1. The third-order valence-corrected chi connectivity index (χ3v) is 4.47. The third-order valence-electron chi connectivity index (χ3n) is 4.47. The number of carbonyl (C=O) groups excluding carboxylic acids is 3. The van der Waals surface area contributed by atoms with Crippen LogP contribution in [0.4, 0.5) is 4.79 Å². The first-order chi connectivity index (χ1) is 13.6. The minimum absolute atomic E-state index is 0.00110. The van der Waals surface area contributed by atoms with Crippen molar-refractivity contribution in [2.75, 3.05) is 6.61 Å². The number of benzene rings is 1. The zero-order valence-corrected chi connectivity index (χ0v) is 17.7. The molecule has 160 valence electrons. The van der Waals surface area contributed by atoms with Crippen LogP contribution in [0.3, 0.4) is 0 Å². The van der Waals surface area contributed by atoms with Crippen molar-refractivity contribution in [1.29, 1.82) is 0 Å². The minimum Gasteiger partial charge on any atom is -0.482 e. The Balaban J connectivity index is 1.80. The van der Waals surface area contributed by atoms with Crippen LogP contribution in [0.1, 0.15) is 70.2 Å². The van der Waals surface area contributed by atoms with Gasteiger partial charge in [0.2, 0.25) is 0 Å². The van der Waals surface area contributed by atoms with Crippen LogP contribution in [-0.4, -0.2) is 42.2 Å². The molecule has 7 nitrogen and oxygen atoms in total. The number of ether oxygens (including phenoxy) is 3. The monoisotopic (exact) mass is 405 g/mol. The molecule has 0 radical (unpaired) electrons. The van der Waals surface area contributed by atoms with Crippen molar-refractivity contribution in [2.45, 2.75) is 77.5 Å². The lowest BCUT2D eigenvalue weighted by Crippen LogP contribution is -2.41. The van der Waals surface area contributed by atoms with Crippen molar-refractivity contribution in [3.05, 3.63) is 29.8 Å². The molecule has 1 saturated carbocycles. The molecule has 1 aliphatic carbocycles. The second-order valence-corrected chi connectivity index (χ2v) is 8.30. The van der Waals surface area contributed by atoms with E-state index in [4.69, 9.17) is 14.2 Å². The van der Waals surface area contributed by atoms with Crippen molar-refractivity contribution in [3.63, 3.8) is 0 Å². The van der Waals surface area contributed by atoms with E-state index < -0.39 is 17.7 Å². The normalized spacial score (nSPS) is 15.9. The summed E-state index contributed by atoms with van der Waals surface area (Å²) in [6, 6.07) is 5.68. The zero-order valence-electron chi connectivity index (χ0n) is 17.7. The largest absolute Gasteiger partial charge is 0.482 e. The summed E-state index contributed by atoms with van der Waals surface area (Å²) in [6.07, 6.45) is 4.57. The number of hydrogen-bond acceptors (Lipinski definition) is 6. The molecular formula is C22H31NO6. The molecule has 0 spiro atoms. The van der Waals surface area contributed by atoms with E-state index in [1.54, 1.807) is 52.0 Å². The van der Waals surface area contributed by atoms with E-state index in [-0.39, 0.29) is 24.5 Å². The van der Waals surface area contributed by atoms with Crippen LogP contribution in [0.5, 0.6) is 5.75 Å². The number of Topliss-reactive ketones (excluding diaryl/α,β-unsaturated/α-hetero) is 1. The topological polar surface area (TPSA) is 90.9 Å². The quantitative estimate of drug-likeness (QED) is 0.544. The van der Waals surface area contributed by atoms with E-state index >= 15 is 0 Å². The van der Waals surface area contributed by atoms with Gasteiger partial charge in [-0.15, -0.1) is 0 Å². The number of esters is 1. The van der Waals surface area contributed by atoms with Gasteiger partial charge < -0.3 is 19.5 Å². The van der Waals surface area contributed by atoms with Crippen molar-refractivity contribution >= 4 is 17.8 Å². The molecule has 1 N–H and O–H groups in total. The second-order valence-electron chi connectivity index (χ2n) is 8.30. The fourth-order valence-corrected chi connectivity index (χ4v) is 3.06. The summed E-state index contributed by atoms with van der Waals surface area (Å²) in [5, 5.41) is 2.52.